The number of rotatable bonds is 9. The molecule has 0 bridgehead atoms. The fourth-order valence-corrected chi connectivity index (χ4v) is 6.60. The van der Waals surface area contributed by atoms with E-state index in [1.165, 1.54) is 0 Å². The second kappa shape index (κ2) is 14.1. The molecule has 2 fully saturated rings. The summed E-state index contributed by atoms with van der Waals surface area (Å²) in [4.78, 5) is 41.2. The van der Waals surface area contributed by atoms with E-state index in [2.05, 4.69) is 57.2 Å². The highest BCUT2D eigenvalue weighted by Crippen LogP contribution is 2.34. The number of likely N-dealkylation sites (N-methyl/N-ethyl adjacent to an activating group) is 1. The molecule has 10 heteroatoms. The first-order valence-electron chi connectivity index (χ1n) is 16.2. The number of carbonyl (C=O) groups excluding carboxylic acids is 1. The highest BCUT2D eigenvalue weighted by molar-refractivity contribution is 5.99. The van der Waals surface area contributed by atoms with Crippen LogP contribution in [0.4, 0.5) is 15.9 Å². The number of piperazine rings is 1. The number of aromatic amines is 1. The number of H-pyrrole nitrogens is 1. The van der Waals surface area contributed by atoms with Crippen molar-refractivity contribution >= 4 is 17.4 Å². The van der Waals surface area contributed by atoms with Crippen LogP contribution >= 0.6 is 0 Å². The van der Waals surface area contributed by atoms with Crippen LogP contribution in [0.1, 0.15) is 72.3 Å². The Bertz CT molecular complexity index is 1560. The molecule has 1 amide bonds. The monoisotopic (exact) mass is 618 g/mol. The van der Waals surface area contributed by atoms with Crippen molar-refractivity contribution in [3.05, 3.63) is 74.6 Å². The molecule has 45 heavy (non-hydrogen) atoms. The molecular weight excluding hydrogens is 571 g/mol. The molecule has 242 valence electrons. The average Bonchev–Trinajstić information content (AvgIpc) is 3.04. The molecule has 2 N–H and O–H groups in total. The number of halogens is 1. The molecule has 9 nitrogen and oxygen atoms in total. The fourth-order valence-electron chi connectivity index (χ4n) is 6.60. The van der Waals surface area contributed by atoms with Gasteiger partial charge in [0, 0.05) is 92.7 Å². The number of amides is 1. The van der Waals surface area contributed by atoms with E-state index in [4.69, 9.17) is 9.72 Å². The molecule has 1 aromatic carbocycles. The first-order valence-corrected chi connectivity index (χ1v) is 16.2. The van der Waals surface area contributed by atoms with Gasteiger partial charge in [-0.1, -0.05) is 13.8 Å². The van der Waals surface area contributed by atoms with Gasteiger partial charge in [-0.05, 0) is 82.0 Å². The molecule has 2 aliphatic rings. The van der Waals surface area contributed by atoms with Crippen molar-refractivity contribution in [1.29, 1.82) is 0 Å². The standard InChI is InChI=1S/C35H47FN6O3/c1-7-42(27-10-16-45-17-11-27)30-19-26(25-8-9-31(37-20-25)41-14-12-40(6)13-15-41)18-28(23(30)4)34(43)38-21-29-32(22(2)3)33(36)24(5)39-35(29)44/h8-9,18-20,22,27H,7,10-17,21H2,1-6H3,(H,38,43)(H,39,44). The van der Waals surface area contributed by atoms with Crippen LogP contribution in [0.15, 0.2) is 35.3 Å². The van der Waals surface area contributed by atoms with Gasteiger partial charge in [-0.15, -0.1) is 0 Å². The maximum atomic E-state index is 15.1. The van der Waals surface area contributed by atoms with E-state index in [9.17, 15) is 9.59 Å². The minimum atomic E-state index is -0.433. The van der Waals surface area contributed by atoms with Gasteiger partial charge in [-0.3, -0.25) is 9.59 Å². The van der Waals surface area contributed by atoms with Crippen molar-refractivity contribution in [2.45, 2.75) is 66.0 Å². The van der Waals surface area contributed by atoms with Crippen LogP contribution in [0.3, 0.4) is 0 Å². The predicted octanol–water partition coefficient (Wildman–Crippen LogP) is 5.00. The van der Waals surface area contributed by atoms with Gasteiger partial charge in [0.15, 0.2) is 0 Å². The number of ether oxygens (including phenoxy) is 1. The van der Waals surface area contributed by atoms with Gasteiger partial charge in [0.1, 0.15) is 11.6 Å². The van der Waals surface area contributed by atoms with E-state index in [0.29, 0.717) is 30.4 Å². The van der Waals surface area contributed by atoms with Gasteiger partial charge >= 0.3 is 0 Å². The number of aromatic nitrogens is 2. The molecule has 0 aliphatic carbocycles. The lowest BCUT2D eigenvalue weighted by atomic mass is 9.95. The summed E-state index contributed by atoms with van der Waals surface area (Å²) < 4.78 is 20.7. The Balaban J connectivity index is 1.50. The van der Waals surface area contributed by atoms with Crippen LogP contribution in [0.5, 0.6) is 0 Å². The quantitative estimate of drug-likeness (QED) is 0.349. The maximum absolute atomic E-state index is 15.1. The number of hydrogen-bond acceptors (Lipinski definition) is 7. The number of anilines is 2. The van der Waals surface area contributed by atoms with Gasteiger partial charge in [0.2, 0.25) is 0 Å². The minimum absolute atomic E-state index is 0.0728. The zero-order valence-corrected chi connectivity index (χ0v) is 27.5. The van der Waals surface area contributed by atoms with Gasteiger partial charge in [-0.25, -0.2) is 9.37 Å². The van der Waals surface area contributed by atoms with E-state index in [0.717, 1.165) is 73.8 Å². The molecule has 0 radical (unpaired) electrons. The molecular formula is C35H47FN6O3. The Morgan fingerprint density at radius 1 is 1.13 bits per heavy atom. The zero-order chi connectivity index (χ0) is 32.2. The van der Waals surface area contributed by atoms with Crippen LogP contribution in [-0.2, 0) is 11.3 Å². The Hall–Kier alpha value is -3.76. The van der Waals surface area contributed by atoms with Gasteiger partial charge < -0.3 is 29.7 Å². The van der Waals surface area contributed by atoms with Gasteiger partial charge in [0.25, 0.3) is 11.5 Å². The summed E-state index contributed by atoms with van der Waals surface area (Å²) in [6.07, 6.45) is 3.72. The summed E-state index contributed by atoms with van der Waals surface area (Å²) in [6, 6.07) is 8.50. The number of pyridine rings is 2. The number of nitrogens with one attached hydrogen (secondary N) is 2. The summed E-state index contributed by atoms with van der Waals surface area (Å²) in [7, 11) is 2.14. The maximum Gasteiger partial charge on any atom is 0.253 e. The number of hydrogen-bond donors (Lipinski definition) is 2. The fraction of sp³-hybridized carbons (Fsp3) is 0.514. The highest BCUT2D eigenvalue weighted by Gasteiger charge is 2.26. The van der Waals surface area contributed by atoms with Crippen LogP contribution in [0, 0.1) is 19.7 Å². The first kappa shape index (κ1) is 32.6. The third-order valence-corrected chi connectivity index (χ3v) is 9.28. The minimum Gasteiger partial charge on any atom is -0.381 e. The van der Waals surface area contributed by atoms with E-state index < -0.39 is 5.82 Å². The molecule has 0 spiro atoms. The Labute approximate surface area is 265 Å². The normalized spacial score (nSPS) is 16.3. The van der Waals surface area contributed by atoms with Gasteiger partial charge in [0.05, 0.1) is 5.69 Å². The molecule has 2 aliphatic heterocycles. The summed E-state index contributed by atoms with van der Waals surface area (Å²) in [6.45, 7) is 15.4. The number of aryl methyl sites for hydroxylation is 1. The molecule has 4 heterocycles. The van der Waals surface area contributed by atoms with E-state index in [1.807, 2.05) is 33.0 Å². The van der Waals surface area contributed by atoms with Crippen LogP contribution in [-0.4, -0.2) is 79.8 Å². The number of benzene rings is 1. The SMILES string of the molecule is CCN(c1cc(-c2ccc(N3CCN(C)CC3)nc2)cc(C(=O)NCc2c(C(C)C)c(F)c(C)[nH]c2=O)c1C)C1CCOCC1. The second-order valence-corrected chi connectivity index (χ2v) is 12.6. The average molecular weight is 619 g/mol. The predicted molar refractivity (Wildman–Crippen MR) is 178 cm³/mol. The Kier molecular flexibility index (Phi) is 10.2. The third-order valence-electron chi connectivity index (χ3n) is 9.28. The third kappa shape index (κ3) is 7.07. The molecule has 2 aromatic heterocycles. The summed E-state index contributed by atoms with van der Waals surface area (Å²) in [5.74, 6) is -0.00728. The van der Waals surface area contributed by atoms with E-state index >= 15 is 4.39 Å². The highest BCUT2D eigenvalue weighted by atomic mass is 19.1. The summed E-state index contributed by atoms with van der Waals surface area (Å²) in [5.41, 5.74) is 4.60. The Morgan fingerprint density at radius 2 is 1.84 bits per heavy atom. The second-order valence-electron chi connectivity index (χ2n) is 12.6. The molecule has 0 atom stereocenters. The number of nitrogens with zero attached hydrogens (tertiary/aromatic N) is 4. The molecule has 0 saturated carbocycles. The van der Waals surface area contributed by atoms with Crippen LogP contribution < -0.4 is 20.7 Å². The largest absolute Gasteiger partial charge is 0.381 e. The van der Waals surface area contributed by atoms with Crippen LogP contribution in [0.2, 0.25) is 0 Å². The molecule has 0 unspecified atom stereocenters. The van der Waals surface area contributed by atoms with Crippen molar-refractivity contribution in [1.82, 2.24) is 20.2 Å². The van der Waals surface area contributed by atoms with Crippen molar-refractivity contribution in [2.75, 3.05) is 62.8 Å². The molecule has 3 aromatic rings. The van der Waals surface area contributed by atoms with Crippen molar-refractivity contribution in [3.63, 3.8) is 0 Å². The summed E-state index contributed by atoms with van der Waals surface area (Å²) >= 11 is 0. The van der Waals surface area contributed by atoms with E-state index in [-0.39, 0.29) is 35.2 Å². The molecule has 5 rings (SSSR count). The number of carbonyl (C=O) groups is 1. The first-order chi connectivity index (χ1) is 21.6. The van der Waals surface area contributed by atoms with Crippen molar-refractivity contribution < 1.29 is 13.9 Å². The van der Waals surface area contributed by atoms with Gasteiger partial charge in [-0.2, -0.15) is 0 Å². The smallest absolute Gasteiger partial charge is 0.253 e. The molecule has 2 saturated heterocycles. The lowest BCUT2D eigenvalue weighted by Gasteiger charge is -2.37. The van der Waals surface area contributed by atoms with Crippen LogP contribution in [0.25, 0.3) is 11.1 Å². The lowest BCUT2D eigenvalue weighted by molar-refractivity contribution is 0.0846. The van der Waals surface area contributed by atoms with Crippen molar-refractivity contribution in [3.8, 4) is 11.1 Å². The van der Waals surface area contributed by atoms with E-state index in [1.54, 1.807) is 6.92 Å². The van der Waals surface area contributed by atoms with Crippen molar-refractivity contribution in [2.24, 2.45) is 0 Å². The zero-order valence-electron chi connectivity index (χ0n) is 27.5. The lowest BCUT2D eigenvalue weighted by Crippen LogP contribution is -2.44. The Morgan fingerprint density at radius 3 is 2.47 bits per heavy atom. The topological polar surface area (TPSA) is 93.8 Å². The summed E-state index contributed by atoms with van der Waals surface area (Å²) in [5, 5.41) is 2.95.